The van der Waals surface area contributed by atoms with Gasteiger partial charge in [-0.05, 0) is 0 Å². The van der Waals surface area contributed by atoms with Crippen molar-refractivity contribution in [2.45, 2.75) is 12.8 Å². The number of anilines is 1. The van der Waals surface area contributed by atoms with E-state index in [9.17, 15) is 9.59 Å². The summed E-state index contributed by atoms with van der Waals surface area (Å²) in [4.78, 5) is 29.4. The highest BCUT2D eigenvalue weighted by molar-refractivity contribution is 6.32. The molecule has 0 unspecified atom stereocenters. The molecule has 3 aromatic rings. The van der Waals surface area contributed by atoms with E-state index in [2.05, 4.69) is 20.6 Å². The van der Waals surface area contributed by atoms with Crippen LogP contribution in [0.5, 0.6) is 11.5 Å². The summed E-state index contributed by atoms with van der Waals surface area (Å²) in [5.74, 6) is 0.563. The molecule has 0 radical (unpaired) electrons. The van der Waals surface area contributed by atoms with Gasteiger partial charge in [0.2, 0.25) is 17.6 Å². The standard InChI is InChI=1S/C22H20ClN5O5/c1-31-17-11-16(18(32-2)10-14(17)23)24-19(29)12-28-20(30)9-8-15(26-28)22-25-21(27-33-22)13-6-4-3-5-7-13/h3-7,10-11H,8-9,12H2,1-2H3,(H,24,29). The maximum absolute atomic E-state index is 12.7. The Morgan fingerprint density at radius 3 is 2.64 bits per heavy atom. The van der Waals surface area contributed by atoms with Crippen LogP contribution in [-0.4, -0.2) is 53.4 Å². The number of carbonyl (C=O) groups is 2. The van der Waals surface area contributed by atoms with Crippen molar-refractivity contribution in [3.05, 3.63) is 53.4 Å². The van der Waals surface area contributed by atoms with Crippen LogP contribution in [0.4, 0.5) is 5.69 Å². The molecule has 1 aromatic heterocycles. The van der Waals surface area contributed by atoms with E-state index in [1.807, 2.05) is 30.3 Å². The lowest BCUT2D eigenvalue weighted by Crippen LogP contribution is -2.38. The van der Waals surface area contributed by atoms with Gasteiger partial charge in [-0.25, -0.2) is 5.01 Å². The molecule has 0 fully saturated rings. The van der Waals surface area contributed by atoms with Crippen molar-refractivity contribution in [2.75, 3.05) is 26.1 Å². The minimum atomic E-state index is -0.480. The van der Waals surface area contributed by atoms with Crippen molar-refractivity contribution in [3.63, 3.8) is 0 Å². The Labute approximate surface area is 194 Å². The fraction of sp³-hybridized carbons (Fsp3) is 0.227. The van der Waals surface area contributed by atoms with Gasteiger partial charge in [0.15, 0.2) is 0 Å². The first-order valence-electron chi connectivity index (χ1n) is 9.97. The highest BCUT2D eigenvalue weighted by Gasteiger charge is 2.27. The maximum Gasteiger partial charge on any atom is 0.274 e. The summed E-state index contributed by atoms with van der Waals surface area (Å²) in [5.41, 5.74) is 1.58. The van der Waals surface area contributed by atoms with E-state index in [4.69, 9.17) is 25.6 Å². The summed E-state index contributed by atoms with van der Waals surface area (Å²) in [6.45, 7) is -0.309. The van der Waals surface area contributed by atoms with Gasteiger partial charge in [0, 0.05) is 30.5 Å². The average Bonchev–Trinajstić information content (AvgIpc) is 3.32. The monoisotopic (exact) mass is 469 g/mol. The van der Waals surface area contributed by atoms with Crippen molar-refractivity contribution in [2.24, 2.45) is 5.10 Å². The highest BCUT2D eigenvalue weighted by Crippen LogP contribution is 2.35. The van der Waals surface area contributed by atoms with E-state index in [0.29, 0.717) is 40.2 Å². The molecule has 2 amide bonds. The summed E-state index contributed by atoms with van der Waals surface area (Å²) in [5, 5.41) is 12.4. The zero-order valence-corrected chi connectivity index (χ0v) is 18.6. The Hall–Kier alpha value is -3.92. The lowest BCUT2D eigenvalue weighted by molar-refractivity contribution is -0.135. The van der Waals surface area contributed by atoms with Crippen LogP contribution in [-0.2, 0) is 9.59 Å². The van der Waals surface area contributed by atoms with Gasteiger partial charge >= 0.3 is 0 Å². The van der Waals surface area contributed by atoms with Gasteiger partial charge in [-0.3, -0.25) is 9.59 Å². The van der Waals surface area contributed by atoms with Crippen LogP contribution in [0.3, 0.4) is 0 Å². The molecule has 10 nitrogen and oxygen atoms in total. The second kappa shape index (κ2) is 9.70. The molecule has 1 aliphatic heterocycles. The van der Waals surface area contributed by atoms with Crippen molar-refractivity contribution >= 4 is 34.8 Å². The molecule has 0 spiro atoms. The average molecular weight is 470 g/mol. The van der Waals surface area contributed by atoms with Crippen LogP contribution in [0.15, 0.2) is 52.1 Å². The van der Waals surface area contributed by atoms with Gasteiger partial charge in [-0.2, -0.15) is 10.1 Å². The summed E-state index contributed by atoms with van der Waals surface area (Å²) >= 11 is 6.10. The van der Waals surface area contributed by atoms with E-state index in [-0.39, 0.29) is 24.8 Å². The number of aromatic nitrogens is 2. The Morgan fingerprint density at radius 1 is 1.15 bits per heavy atom. The molecule has 2 heterocycles. The fourth-order valence-corrected chi connectivity index (χ4v) is 3.44. The van der Waals surface area contributed by atoms with Gasteiger partial charge in [0.25, 0.3) is 5.89 Å². The number of methoxy groups -OCH3 is 2. The number of ether oxygens (including phenoxy) is 2. The molecule has 0 saturated heterocycles. The van der Waals surface area contributed by atoms with Gasteiger partial charge in [0.1, 0.15) is 23.8 Å². The Balaban J connectivity index is 1.50. The first-order chi connectivity index (χ1) is 16.0. The SMILES string of the molecule is COc1cc(NC(=O)CN2N=C(c3nc(-c4ccccc4)no3)CCC2=O)c(OC)cc1Cl. The van der Waals surface area contributed by atoms with Crippen molar-refractivity contribution in [1.29, 1.82) is 0 Å². The number of rotatable bonds is 7. The van der Waals surface area contributed by atoms with Crippen molar-refractivity contribution in [3.8, 4) is 22.9 Å². The number of carbonyl (C=O) groups excluding carboxylic acids is 2. The van der Waals surface area contributed by atoms with E-state index in [1.54, 1.807) is 0 Å². The molecule has 0 aliphatic carbocycles. The molecule has 33 heavy (non-hydrogen) atoms. The number of nitrogens with one attached hydrogen (secondary N) is 1. The predicted molar refractivity (Wildman–Crippen MR) is 120 cm³/mol. The molecule has 2 aromatic carbocycles. The molecule has 0 saturated carbocycles. The number of hydrazone groups is 1. The third kappa shape index (κ3) is 4.96. The number of halogens is 1. The first-order valence-corrected chi connectivity index (χ1v) is 10.3. The minimum absolute atomic E-state index is 0.160. The Bertz CT molecular complexity index is 1210. The van der Waals surface area contributed by atoms with Crippen LogP contribution >= 0.6 is 11.6 Å². The molecular formula is C22H20ClN5O5. The van der Waals surface area contributed by atoms with Crippen molar-refractivity contribution < 1.29 is 23.6 Å². The zero-order chi connectivity index (χ0) is 23.4. The number of nitrogens with zero attached hydrogens (tertiary/aromatic N) is 4. The molecule has 1 N–H and O–H groups in total. The molecule has 0 bridgehead atoms. The van der Waals surface area contributed by atoms with Crippen LogP contribution in [0.2, 0.25) is 5.02 Å². The highest BCUT2D eigenvalue weighted by atomic mass is 35.5. The fourth-order valence-electron chi connectivity index (χ4n) is 3.21. The summed E-state index contributed by atoms with van der Waals surface area (Å²) in [6, 6.07) is 12.4. The van der Waals surface area contributed by atoms with E-state index in [0.717, 1.165) is 10.6 Å². The van der Waals surface area contributed by atoms with E-state index >= 15 is 0 Å². The van der Waals surface area contributed by atoms with Crippen molar-refractivity contribution in [1.82, 2.24) is 15.1 Å². The van der Waals surface area contributed by atoms with Crippen LogP contribution in [0.1, 0.15) is 18.7 Å². The third-order valence-corrected chi connectivity index (χ3v) is 5.15. The third-order valence-electron chi connectivity index (χ3n) is 4.85. The van der Waals surface area contributed by atoms with E-state index in [1.165, 1.54) is 26.4 Å². The molecule has 170 valence electrons. The van der Waals surface area contributed by atoms with Crippen LogP contribution in [0.25, 0.3) is 11.4 Å². The lowest BCUT2D eigenvalue weighted by Gasteiger charge is -2.22. The van der Waals surface area contributed by atoms with Crippen LogP contribution < -0.4 is 14.8 Å². The smallest absolute Gasteiger partial charge is 0.274 e. The number of hydrogen-bond acceptors (Lipinski definition) is 8. The van der Waals surface area contributed by atoms with Gasteiger partial charge in [-0.1, -0.05) is 47.1 Å². The molecular weight excluding hydrogens is 450 g/mol. The van der Waals surface area contributed by atoms with Gasteiger partial charge in [0.05, 0.1) is 24.9 Å². The Kier molecular flexibility index (Phi) is 6.55. The lowest BCUT2D eigenvalue weighted by atomic mass is 10.1. The number of benzene rings is 2. The maximum atomic E-state index is 12.7. The molecule has 4 rings (SSSR count). The second-order valence-corrected chi connectivity index (χ2v) is 7.43. The second-order valence-electron chi connectivity index (χ2n) is 7.02. The largest absolute Gasteiger partial charge is 0.495 e. The predicted octanol–water partition coefficient (Wildman–Crippen LogP) is 3.37. The molecule has 1 aliphatic rings. The quantitative estimate of drug-likeness (QED) is 0.563. The van der Waals surface area contributed by atoms with Gasteiger partial charge < -0.3 is 19.3 Å². The normalized spacial score (nSPS) is 13.5. The molecule has 0 atom stereocenters. The first kappa shape index (κ1) is 22.3. The number of amides is 2. The Morgan fingerprint density at radius 2 is 1.91 bits per heavy atom. The zero-order valence-electron chi connectivity index (χ0n) is 17.9. The summed E-state index contributed by atoms with van der Waals surface area (Å²) in [6.07, 6.45) is 0.489. The van der Waals surface area contributed by atoms with Crippen LogP contribution in [0, 0.1) is 0 Å². The van der Waals surface area contributed by atoms with Gasteiger partial charge in [-0.15, -0.1) is 0 Å². The van der Waals surface area contributed by atoms with E-state index < -0.39 is 5.91 Å². The summed E-state index contributed by atoms with van der Waals surface area (Å²) in [7, 11) is 2.91. The minimum Gasteiger partial charge on any atom is -0.495 e. The topological polar surface area (TPSA) is 119 Å². The summed E-state index contributed by atoms with van der Waals surface area (Å²) < 4.78 is 15.8. The number of hydrogen-bond donors (Lipinski definition) is 1. The molecule has 11 heteroatoms.